The molecule has 0 bridgehead atoms. The number of amides is 2. The molecule has 1 saturated heterocycles. The van der Waals surface area contributed by atoms with E-state index >= 15 is 0 Å². The maximum atomic E-state index is 12.7. The minimum Gasteiger partial charge on any atom is -0.337 e. The molecule has 132 valence electrons. The highest BCUT2D eigenvalue weighted by Gasteiger charge is 2.34. The first kappa shape index (κ1) is 16.6. The topological polar surface area (TPSA) is 71.3 Å². The maximum absolute atomic E-state index is 12.7. The molecular formula is C19H17ClN4O2. The Morgan fingerprint density at radius 2 is 1.92 bits per heavy atom. The third kappa shape index (κ3) is 3.28. The van der Waals surface area contributed by atoms with Crippen LogP contribution in [0.25, 0.3) is 11.4 Å². The molecule has 6 nitrogen and oxygen atoms in total. The van der Waals surface area contributed by atoms with Gasteiger partial charge in [-0.1, -0.05) is 59.2 Å². The van der Waals surface area contributed by atoms with Crippen molar-refractivity contribution in [1.82, 2.24) is 15.0 Å². The highest BCUT2D eigenvalue weighted by Crippen LogP contribution is 2.33. The van der Waals surface area contributed by atoms with Crippen LogP contribution in [0.1, 0.15) is 24.8 Å². The lowest BCUT2D eigenvalue weighted by molar-refractivity contribution is 0.193. The van der Waals surface area contributed by atoms with Gasteiger partial charge in [-0.15, -0.1) is 0 Å². The van der Waals surface area contributed by atoms with Gasteiger partial charge in [0.1, 0.15) is 6.04 Å². The van der Waals surface area contributed by atoms with Gasteiger partial charge in [0.25, 0.3) is 0 Å². The summed E-state index contributed by atoms with van der Waals surface area (Å²) in [5.74, 6) is 0.981. The number of aromatic nitrogens is 2. The van der Waals surface area contributed by atoms with E-state index < -0.39 is 0 Å². The predicted molar refractivity (Wildman–Crippen MR) is 98.9 cm³/mol. The van der Waals surface area contributed by atoms with Crippen LogP contribution in [0.4, 0.5) is 10.5 Å². The highest BCUT2D eigenvalue weighted by molar-refractivity contribution is 6.33. The summed E-state index contributed by atoms with van der Waals surface area (Å²) in [6, 6.07) is 16.3. The zero-order valence-electron chi connectivity index (χ0n) is 13.9. The fraction of sp³-hybridized carbons (Fsp3) is 0.211. The number of nitrogens with zero attached hydrogens (tertiary/aromatic N) is 3. The number of carbonyl (C=O) groups excluding carboxylic acids is 1. The Kier molecular flexibility index (Phi) is 4.58. The molecule has 1 N–H and O–H groups in total. The first-order valence-corrected chi connectivity index (χ1v) is 8.81. The molecule has 4 rings (SSSR count). The van der Waals surface area contributed by atoms with Crippen LogP contribution in [0.3, 0.4) is 0 Å². The van der Waals surface area contributed by atoms with Crippen LogP contribution >= 0.6 is 11.6 Å². The molecule has 2 aromatic carbocycles. The van der Waals surface area contributed by atoms with E-state index in [0.717, 1.165) is 18.4 Å². The minimum atomic E-state index is -0.234. The first-order chi connectivity index (χ1) is 12.7. The molecule has 26 heavy (non-hydrogen) atoms. The van der Waals surface area contributed by atoms with Gasteiger partial charge in [-0.2, -0.15) is 4.98 Å². The molecule has 0 spiro atoms. The van der Waals surface area contributed by atoms with Gasteiger partial charge >= 0.3 is 6.03 Å². The molecule has 1 aliphatic heterocycles. The number of carbonyl (C=O) groups is 1. The fourth-order valence-corrected chi connectivity index (χ4v) is 3.27. The number of hydrogen-bond donors (Lipinski definition) is 1. The second-order valence-corrected chi connectivity index (χ2v) is 6.49. The molecule has 0 radical (unpaired) electrons. The lowest BCUT2D eigenvalue weighted by Crippen LogP contribution is -2.34. The van der Waals surface area contributed by atoms with Crippen molar-refractivity contribution in [3.05, 3.63) is 65.5 Å². The summed E-state index contributed by atoms with van der Waals surface area (Å²) in [5, 5.41) is 7.41. The van der Waals surface area contributed by atoms with Gasteiger partial charge in [0.2, 0.25) is 11.7 Å². The van der Waals surface area contributed by atoms with E-state index in [1.165, 1.54) is 0 Å². The van der Waals surface area contributed by atoms with Crippen LogP contribution in [0, 0.1) is 0 Å². The predicted octanol–water partition coefficient (Wildman–Crippen LogP) is 4.76. The van der Waals surface area contributed by atoms with Crippen molar-refractivity contribution < 1.29 is 9.32 Å². The third-order valence-electron chi connectivity index (χ3n) is 4.39. The van der Waals surface area contributed by atoms with Crippen LogP contribution in [0.2, 0.25) is 5.02 Å². The molecule has 3 aromatic rings. The molecule has 1 aliphatic rings. The summed E-state index contributed by atoms with van der Waals surface area (Å²) in [6.45, 7) is 0.629. The van der Waals surface area contributed by atoms with E-state index in [2.05, 4.69) is 15.5 Å². The number of likely N-dealkylation sites (tertiary alicyclic amines) is 1. The third-order valence-corrected chi connectivity index (χ3v) is 4.72. The summed E-state index contributed by atoms with van der Waals surface area (Å²) in [4.78, 5) is 18.9. The van der Waals surface area contributed by atoms with Crippen LogP contribution in [-0.2, 0) is 0 Å². The highest BCUT2D eigenvalue weighted by atomic mass is 35.5. The van der Waals surface area contributed by atoms with Crippen LogP contribution in [0.15, 0.2) is 59.1 Å². The average molecular weight is 369 g/mol. The molecule has 1 atom stereocenters. The Bertz CT molecular complexity index is 913. The van der Waals surface area contributed by atoms with E-state index in [1.807, 2.05) is 42.5 Å². The normalized spacial score (nSPS) is 16.7. The first-order valence-electron chi connectivity index (χ1n) is 8.43. The SMILES string of the molecule is O=C(Nc1ccccc1Cl)N1CCC[C@H]1c1nc(-c2ccccc2)no1. The van der Waals surface area contributed by atoms with Crippen molar-refractivity contribution in [2.75, 3.05) is 11.9 Å². The minimum absolute atomic E-state index is 0.222. The van der Waals surface area contributed by atoms with E-state index in [-0.39, 0.29) is 12.1 Å². The Hall–Kier alpha value is -2.86. The van der Waals surface area contributed by atoms with Gasteiger partial charge in [0, 0.05) is 12.1 Å². The van der Waals surface area contributed by atoms with Crippen molar-refractivity contribution in [2.45, 2.75) is 18.9 Å². The largest absolute Gasteiger partial charge is 0.337 e. The Morgan fingerprint density at radius 3 is 2.73 bits per heavy atom. The lowest BCUT2D eigenvalue weighted by Gasteiger charge is -2.22. The van der Waals surface area contributed by atoms with E-state index in [0.29, 0.717) is 29.0 Å². The Morgan fingerprint density at radius 1 is 1.15 bits per heavy atom. The van der Waals surface area contributed by atoms with Gasteiger partial charge in [-0.3, -0.25) is 0 Å². The standard InChI is InChI=1S/C19H17ClN4O2/c20-14-9-4-5-10-15(14)21-19(25)24-12-6-11-16(24)18-22-17(23-26-18)13-7-2-1-3-8-13/h1-5,7-10,16H,6,11-12H2,(H,21,25)/t16-/m0/s1. The van der Waals surface area contributed by atoms with Gasteiger partial charge < -0.3 is 14.7 Å². The number of benzene rings is 2. The number of halogens is 1. The summed E-state index contributed by atoms with van der Waals surface area (Å²) in [7, 11) is 0. The summed E-state index contributed by atoms with van der Waals surface area (Å²) >= 11 is 6.13. The molecule has 2 amide bonds. The van der Waals surface area contributed by atoms with E-state index in [4.69, 9.17) is 16.1 Å². The Balaban J connectivity index is 1.53. The van der Waals surface area contributed by atoms with Crippen LogP contribution < -0.4 is 5.32 Å². The van der Waals surface area contributed by atoms with E-state index in [9.17, 15) is 4.79 Å². The summed E-state index contributed by atoms with van der Waals surface area (Å²) < 4.78 is 5.45. The van der Waals surface area contributed by atoms with Crippen LogP contribution in [0.5, 0.6) is 0 Å². The molecule has 1 aromatic heterocycles. The molecule has 2 heterocycles. The number of anilines is 1. The smallest absolute Gasteiger partial charge is 0.322 e. The summed E-state index contributed by atoms with van der Waals surface area (Å²) in [6.07, 6.45) is 1.66. The number of rotatable bonds is 3. The molecule has 1 fully saturated rings. The number of nitrogens with one attached hydrogen (secondary N) is 1. The average Bonchev–Trinajstić information content (AvgIpc) is 3.33. The van der Waals surface area contributed by atoms with E-state index in [1.54, 1.807) is 17.0 Å². The molecular weight excluding hydrogens is 352 g/mol. The quantitative estimate of drug-likeness (QED) is 0.723. The zero-order chi connectivity index (χ0) is 17.9. The van der Waals surface area contributed by atoms with Crippen molar-refractivity contribution >= 4 is 23.3 Å². The lowest BCUT2D eigenvalue weighted by atomic mass is 10.2. The van der Waals surface area contributed by atoms with Gasteiger partial charge in [-0.05, 0) is 25.0 Å². The second-order valence-electron chi connectivity index (χ2n) is 6.08. The van der Waals surface area contributed by atoms with Crippen molar-refractivity contribution in [3.63, 3.8) is 0 Å². The number of para-hydroxylation sites is 1. The van der Waals surface area contributed by atoms with Crippen molar-refractivity contribution in [1.29, 1.82) is 0 Å². The van der Waals surface area contributed by atoms with Crippen molar-refractivity contribution in [3.8, 4) is 11.4 Å². The molecule has 0 aliphatic carbocycles. The van der Waals surface area contributed by atoms with Gasteiger partial charge in [0.05, 0.1) is 10.7 Å². The maximum Gasteiger partial charge on any atom is 0.322 e. The fourth-order valence-electron chi connectivity index (χ4n) is 3.09. The zero-order valence-corrected chi connectivity index (χ0v) is 14.7. The number of hydrogen-bond acceptors (Lipinski definition) is 4. The van der Waals surface area contributed by atoms with Gasteiger partial charge in [-0.25, -0.2) is 4.79 Å². The molecule has 7 heteroatoms. The molecule has 0 unspecified atom stereocenters. The molecule has 0 saturated carbocycles. The van der Waals surface area contributed by atoms with Crippen LogP contribution in [-0.4, -0.2) is 27.6 Å². The van der Waals surface area contributed by atoms with Gasteiger partial charge in [0.15, 0.2) is 0 Å². The number of urea groups is 1. The monoisotopic (exact) mass is 368 g/mol. The Labute approximate surface area is 155 Å². The second kappa shape index (κ2) is 7.17. The van der Waals surface area contributed by atoms with Crippen molar-refractivity contribution in [2.24, 2.45) is 0 Å². The summed E-state index contributed by atoms with van der Waals surface area (Å²) in [5.41, 5.74) is 1.47.